The molecular weight excluding hydrogens is 338 g/mol. The standard InChI is InChI=1S/C18H21N3O5/c19-5-12-1-3-16(4-2-12)26-11-15(22)10-20-6-13-8-21(18(24)25)9-14(7-20)17(13)23/h1-4,13-15,22H,6-11H2,(H,24,25). The molecule has 2 saturated heterocycles. The maximum atomic E-state index is 12.2. The maximum Gasteiger partial charge on any atom is 0.407 e. The van der Waals surface area contributed by atoms with Gasteiger partial charge in [0, 0.05) is 44.6 Å². The third kappa shape index (κ3) is 4.12. The molecule has 2 aliphatic heterocycles. The van der Waals surface area contributed by atoms with E-state index in [0.717, 1.165) is 0 Å². The van der Waals surface area contributed by atoms with Gasteiger partial charge < -0.3 is 19.8 Å². The molecule has 3 rings (SSSR count). The Bertz CT molecular complexity index is 697. The molecule has 0 aromatic heterocycles. The minimum absolute atomic E-state index is 0.104. The Morgan fingerprint density at radius 1 is 1.23 bits per heavy atom. The van der Waals surface area contributed by atoms with Crippen molar-refractivity contribution in [2.24, 2.45) is 11.8 Å². The maximum absolute atomic E-state index is 12.2. The topological polar surface area (TPSA) is 114 Å². The van der Waals surface area contributed by atoms with Gasteiger partial charge in [0.1, 0.15) is 24.2 Å². The highest BCUT2D eigenvalue weighted by Crippen LogP contribution is 2.25. The van der Waals surface area contributed by atoms with Crippen molar-refractivity contribution < 1.29 is 24.5 Å². The molecule has 0 aliphatic carbocycles. The number of carboxylic acid groups (broad SMARTS) is 1. The zero-order valence-corrected chi connectivity index (χ0v) is 14.2. The normalized spacial score (nSPS) is 24.0. The Labute approximate surface area is 151 Å². The second-order valence-electron chi connectivity index (χ2n) is 6.80. The van der Waals surface area contributed by atoms with E-state index < -0.39 is 12.2 Å². The van der Waals surface area contributed by atoms with Gasteiger partial charge in [-0.3, -0.25) is 9.69 Å². The number of aliphatic hydroxyl groups excluding tert-OH is 1. The van der Waals surface area contributed by atoms with Crippen LogP contribution in [0.3, 0.4) is 0 Å². The molecule has 1 aromatic rings. The van der Waals surface area contributed by atoms with Gasteiger partial charge in [0.2, 0.25) is 0 Å². The lowest BCUT2D eigenvalue weighted by atomic mass is 9.83. The van der Waals surface area contributed by atoms with Crippen molar-refractivity contribution in [2.75, 3.05) is 39.3 Å². The Morgan fingerprint density at radius 3 is 2.38 bits per heavy atom. The molecule has 138 valence electrons. The largest absolute Gasteiger partial charge is 0.491 e. The van der Waals surface area contributed by atoms with Crippen LogP contribution < -0.4 is 4.74 Å². The van der Waals surface area contributed by atoms with Crippen molar-refractivity contribution in [3.63, 3.8) is 0 Å². The highest BCUT2D eigenvalue weighted by atomic mass is 16.5. The lowest BCUT2D eigenvalue weighted by Gasteiger charge is -2.44. The zero-order chi connectivity index (χ0) is 18.7. The molecule has 26 heavy (non-hydrogen) atoms. The van der Waals surface area contributed by atoms with Crippen molar-refractivity contribution in [3.8, 4) is 11.8 Å². The van der Waals surface area contributed by atoms with Gasteiger partial charge in [-0.15, -0.1) is 0 Å². The minimum atomic E-state index is -0.989. The molecule has 3 atom stereocenters. The van der Waals surface area contributed by atoms with Crippen LogP contribution in [0.2, 0.25) is 0 Å². The molecule has 0 saturated carbocycles. The first-order chi connectivity index (χ1) is 12.5. The lowest BCUT2D eigenvalue weighted by molar-refractivity contribution is -0.137. The summed E-state index contributed by atoms with van der Waals surface area (Å²) in [4.78, 5) is 26.7. The van der Waals surface area contributed by atoms with E-state index >= 15 is 0 Å². The van der Waals surface area contributed by atoms with Crippen molar-refractivity contribution >= 4 is 11.9 Å². The summed E-state index contributed by atoms with van der Waals surface area (Å²) in [6.45, 7) is 1.81. The van der Waals surface area contributed by atoms with Crippen molar-refractivity contribution in [1.82, 2.24) is 9.80 Å². The fraction of sp³-hybridized carbons (Fsp3) is 0.500. The molecule has 8 nitrogen and oxygen atoms in total. The third-order valence-electron chi connectivity index (χ3n) is 4.81. The summed E-state index contributed by atoms with van der Waals surface area (Å²) < 4.78 is 5.53. The summed E-state index contributed by atoms with van der Waals surface area (Å²) in [5, 5.41) is 28.1. The molecule has 1 aromatic carbocycles. The van der Waals surface area contributed by atoms with Crippen molar-refractivity contribution in [1.29, 1.82) is 5.26 Å². The van der Waals surface area contributed by atoms with Crippen LogP contribution in [0.25, 0.3) is 0 Å². The van der Waals surface area contributed by atoms with Gasteiger partial charge in [0.25, 0.3) is 0 Å². The van der Waals surface area contributed by atoms with E-state index in [1.807, 2.05) is 11.0 Å². The molecule has 2 heterocycles. The van der Waals surface area contributed by atoms with Gasteiger partial charge in [-0.05, 0) is 24.3 Å². The predicted octanol–water partition coefficient (Wildman–Crippen LogP) is 0.409. The Morgan fingerprint density at radius 2 is 1.85 bits per heavy atom. The molecular formula is C18H21N3O5. The number of hydrogen-bond donors (Lipinski definition) is 2. The average Bonchev–Trinajstić information content (AvgIpc) is 2.61. The van der Waals surface area contributed by atoms with Gasteiger partial charge in [0.15, 0.2) is 0 Å². The first-order valence-electron chi connectivity index (χ1n) is 8.51. The molecule has 3 unspecified atom stereocenters. The summed E-state index contributed by atoms with van der Waals surface area (Å²) in [6, 6.07) is 8.67. The first kappa shape index (κ1) is 18.2. The first-order valence-corrected chi connectivity index (χ1v) is 8.51. The number of amides is 1. The summed E-state index contributed by atoms with van der Waals surface area (Å²) in [6.07, 6.45) is -1.72. The number of carbonyl (C=O) groups is 2. The van der Waals surface area contributed by atoms with E-state index in [4.69, 9.17) is 15.1 Å². The fourth-order valence-corrected chi connectivity index (χ4v) is 3.59. The summed E-state index contributed by atoms with van der Waals surface area (Å²) in [5.74, 6) is 0.0448. The van der Waals surface area contributed by atoms with Crippen LogP contribution in [-0.2, 0) is 4.79 Å². The van der Waals surface area contributed by atoms with Crippen molar-refractivity contribution in [3.05, 3.63) is 29.8 Å². The Balaban J connectivity index is 1.49. The number of likely N-dealkylation sites (tertiary alicyclic amines) is 2. The number of ketones is 1. The van der Waals surface area contributed by atoms with Crippen LogP contribution in [0.4, 0.5) is 4.79 Å². The second kappa shape index (κ2) is 7.72. The van der Waals surface area contributed by atoms with Gasteiger partial charge in [-0.1, -0.05) is 0 Å². The smallest absolute Gasteiger partial charge is 0.407 e. The lowest BCUT2D eigenvalue weighted by Crippen LogP contribution is -2.60. The van der Waals surface area contributed by atoms with E-state index in [9.17, 15) is 14.7 Å². The Hall–Kier alpha value is -2.63. The summed E-state index contributed by atoms with van der Waals surface area (Å²) in [7, 11) is 0. The molecule has 2 N–H and O–H groups in total. The average molecular weight is 359 g/mol. The van der Waals surface area contributed by atoms with Crippen LogP contribution in [0.1, 0.15) is 5.56 Å². The van der Waals surface area contributed by atoms with E-state index in [-0.39, 0.29) is 37.3 Å². The van der Waals surface area contributed by atoms with E-state index in [1.54, 1.807) is 24.3 Å². The number of fused-ring (bicyclic) bond motifs is 2. The summed E-state index contributed by atoms with van der Waals surface area (Å²) in [5.41, 5.74) is 0.540. The highest BCUT2D eigenvalue weighted by Gasteiger charge is 2.42. The summed E-state index contributed by atoms with van der Waals surface area (Å²) >= 11 is 0. The number of ether oxygens (including phenoxy) is 1. The molecule has 0 spiro atoms. The number of β-amino-alcohol motifs (C(OH)–C–C–N with tert-alkyl or cyclic N) is 1. The molecule has 2 fully saturated rings. The molecule has 8 heteroatoms. The molecule has 1 amide bonds. The second-order valence-corrected chi connectivity index (χ2v) is 6.80. The molecule has 0 radical (unpaired) electrons. The van der Waals surface area contributed by atoms with E-state index in [0.29, 0.717) is 30.9 Å². The number of benzene rings is 1. The number of rotatable bonds is 5. The monoisotopic (exact) mass is 359 g/mol. The number of nitrogens with zero attached hydrogens (tertiary/aromatic N) is 3. The number of piperidine rings is 2. The quantitative estimate of drug-likeness (QED) is 0.782. The molecule has 2 aliphatic rings. The number of nitriles is 1. The number of Topliss-reactive ketones (excluding diaryl/α,β-unsaturated/α-hetero) is 1. The van der Waals surface area contributed by atoms with Gasteiger partial charge in [0.05, 0.1) is 11.6 Å². The number of carbonyl (C=O) groups excluding carboxylic acids is 1. The fourth-order valence-electron chi connectivity index (χ4n) is 3.59. The Kier molecular flexibility index (Phi) is 5.40. The van der Waals surface area contributed by atoms with Gasteiger partial charge in [-0.25, -0.2) is 4.79 Å². The SMILES string of the molecule is N#Cc1ccc(OCC(O)CN2CC3CN(C(=O)O)CC(C2)C3=O)cc1. The van der Waals surface area contributed by atoms with Crippen molar-refractivity contribution in [2.45, 2.75) is 6.10 Å². The predicted molar refractivity (Wildman–Crippen MR) is 90.7 cm³/mol. The molecule has 2 bridgehead atoms. The van der Waals surface area contributed by atoms with Crippen LogP contribution >= 0.6 is 0 Å². The third-order valence-corrected chi connectivity index (χ3v) is 4.81. The van der Waals surface area contributed by atoms with Crippen LogP contribution in [0.15, 0.2) is 24.3 Å². The van der Waals surface area contributed by atoms with Crippen LogP contribution in [0.5, 0.6) is 5.75 Å². The number of aliphatic hydroxyl groups is 1. The van der Waals surface area contributed by atoms with E-state index in [1.165, 1.54) is 4.90 Å². The highest BCUT2D eigenvalue weighted by molar-refractivity contribution is 5.87. The van der Waals surface area contributed by atoms with Crippen LogP contribution in [0, 0.1) is 23.2 Å². The van der Waals surface area contributed by atoms with Gasteiger partial charge in [-0.2, -0.15) is 5.26 Å². The zero-order valence-electron chi connectivity index (χ0n) is 14.2. The van der Waals surface area contributed by atoms with Gasteiger partial charge >= 0.3 is 6.09 Å². The van der Waals surface area contributed by atoms with E-state index in [2.05, 4.69) is 0 Å². The van der Waals surface area contributed by atoms with Crippen LogP contribution in [-0.4, -0.2) is 77.3 Å². The minimum Gasteiger partial charge on any atom is -0.491 e. The number of hydrogen-bond acceptors (Lipinski definition) is 6.